The number of carbonyl (C=O) groups excluding carboxylic acids is 1. The monoisotopic (exact) mass is 392 g/mol. The van der Waals surface area contributed by atoms with Crippen LogP contribution >= 0.6 is 15.9 Å². The molecule has 24 heavy (non-hydrogen) atoms. The number of aromatic nitrogens is 3. The topological polar surface area (TPSA) is 97.1 Å². The summed E-state index contributed by atoms with van der Waals surface area (Å²) in [5, 5.41) is 19.9. The quantitative estimate of drug-likeness (QED) is 0.814. The number of nitrogens with one attached hydrogen (secondary N) is 1. The molecule has 1 fully saturated rings. The first kappa shape index (κ1) is 16.6. The second-order valence-electron chi connectivity index (χ2n) is 6.07. The van der Waals surface area contributed by atoms with Gasteiger partial charge in [0.25, 0.3) is 5.91 Å². The van der Waals surface area contributed by atoms with Crippen molar-refractivity contribution in [2.45, 2.75) is 38.1 Å². The molecule has 1 aromatic heterocycles. The smallest absolute Gasteiger partial charge is 0.305 e. The molecule has 1 amide bonds. The lowest BCUT2D eigenvalue weighted by Crippen LogP contribution is -2.54. The van der Waals surface area contributed by atoms with E-state index < -0.39 is 11.5 Å². The Kier molecular flexibility index (Phi) is 4.40. The minimum absolute atomic E-state index is 0.0719. The number of aliphatic carboxylic acids is 1. The zero-order valence-electron chi connectivity index (χ0n) is 13.1. The van der Waals surface area contributed by atoms with Crippen LogP contribution in [0.1, 0.15) is 41.9 Å². The average molecular weight is 393 g/mol. The number of halogens is 1. The fourth-order valence-corrected chi connectivity index (χ4v) is 3.32. The first-order valence-corrected chi connectivity index (χ1v) is 8.42. The summed E-state index contributed by atoms with van der Waals surface area (Å²) in [5.74, 6) is -1.29. The van der Waals surface area contributed by atoms with E-state index in [2.05, 4.69) is 31.6 Å². The van der Waals surface area contributed by atoms with Crippen molar-refractivity contribution in [2.75, 3.05) is 0 Å². The predicted octanol–water partition coefficient (Wildman–Crippen LogP) is 2.47. The molecule has 126 valence electrons. The minimum Gasteiger partial charge on any atom is -0.481 e. The first-order valence-electron chi connectivity index (χ1n) is 7.63. The van der Waals surface area contributed by atoms with Crippen LogP contribution in [-0.2, 0) is 4.79 Å². The molecule has 2 N–H and O–H groups in total. The third kappa shape index (κ3) is 3.19. The molecule has 0 radical (unpaired) electrons. The second kappa shape index (κ2) is 6.35. The molecule has 0 bridgehead atoms. The fraction of sp³-hybridized carbons (Fsp3) is 0.375. The van der Waals surface area contributed by atoms with E-state index in [0.29, 0.717) is 18.5 Å². The summed E-state index contributed by atoms with van der Waals surface area (Å²) in [6.07, 6.45) is 2.18. The highest BCUT2D eigenvalue weighted by Crippen LogP contribution is 2.35. The molecule has 7 nitrogen and oxygen atoms in total. The molecule has 0 spiro atoms. The van der Waals surface area contributed by atoms with Crippen molar-refractivity contribution in [3.63, 3.8) is 0 Å². The summed E-state index contributed by atoms with van der Waals surface area (Å²) in [7, 11) is 0. The molecular formula is C16H17BrN4O3. The van der Waals surface area contributed by atoms with Crippen molar-refractivity contribution in [1.82, 2.24) is 20.3 Å². The Morgan fingerprint density at radius 3 is 2.75 bits per heavy atom. The van der Waals surface area contributed by atoms with Crippen LogP contribution in [0.2, 0.25) is 0 Å². The van der Waals surface area contributed by atoms with Crippen molar-refractivity contribution in [1.29, 1.82) is 0 Å². The number of nitrogens with zero attached hydrogens (tertiary/aromatic N) is 3. The van der Waals surface area contributed by atoms with Crippen LogP contribution in [0.5, 0.6) is 0 Å². The second-order valence-corrected chi connectivity index (χ2v) is 6.99. The summed E-state index contributed by atoms with van der Waals surface area (Å²) < 4.78 is 2.49. The van der Waals surface area contributed by atoms with Crippen molar-refractivity contribution >= 4 is 27.8 Å². The van der Waals surface area contributed by atoms with Gasteiger partial charge in [0.1, 0.15) is 0 Å². The number of carboxylic acid groups (broad SMARTS) is 1. The highest BCUT2D eigenvalue weighted by atomic mass is 79.9. The van der Waals surface area contributed by atoms with Gasteiger partial charge in [-0.2, -0.15) is 0 Å². The summed E-state index contributed by atoms with van der Waals surface area (Å²) in [6, 6.07) is 7.51. The van der Waals surface area contributed by atoms with Gasteiger partial charge in [-0.05, 0) is 44.4 Å². The van der Waals surface area contributed by atoms with Crippen molar-refractivity contribution in [2.24, 2.45) is 0 Å². The van der Waals surface area contributed by atoms with Crippen LogP contribution in [0, 0.1) is 6.92 Å². The van der Waals surface area contributed by atoms with Gasteiger partial charge >= 0.3 is 5.97 Å². The lowest BCUT2D eigenvalue weighted by molar-refractivity contribution is -0.139. The number of amides is 1. The van der Waals surface area contributed by atoms with Gasteiger partial charge in [0.15, 0.2) is 5.69 Å². The molecule has 8 heteroatoms. The first-order chi connectivity index (χ1) is 11.4. The molecule has 0 unspecified atom stereocenters. The number of carboxylic acids is 1. The molecule has 1 saturated carbocycles. The Bertz CT molecular complexity index is 798. The molecule has 0 aliphatic heterocycles. The molecule has 0 atom stereocenters. The van der Waals surface area contributed by atoms with Crippen LogP contribution in [0.3, 0.4) is 0 Å². The number of hydrogen-bond donors (Lipinski definition) is 2. The zero-order valence-corrected chi connectivity index (χ0v) is 14.7. The molecule has 1 aromatic carbocycles. The number of benzene rings is 1. The Labute approximate surface area is 147 Å². The molecule has 2 aromatic rings. The maximum Gasteiger partial charge on any atom is 0.305 e. The normalized spacial score (nSPS) is 15.6. The van der Waals surface area contributed by atoms with E-state index in [-0.39, 0.29) is 18.0 Å². The summed E-state index contributed by atoms with van der Waals surface area (Å²) >= 11 is 3.40. The van der Waals surface area contributed by atoms with Gasteiger partial charge in [-0.1, -0.05) is 27.2 Å². The third-order valence-corrected chi connectivity index (χ3v) is 4.83. The van der Waals surface area contributed by atoms with Gasteiger partial charge in [0.05, 0.1) is 23.3 Å². The lowest BCUT2D eigenvalue weighted by atomic mass is 9.74. The van der Waals surface area contributed by atoms with Gasteiger partial charge in [0.2, 0.25) is 0 Å². The van der Waals surface area contributed by atoms with E-state index in [4.69, 9.17) is 5.11 Å². The van der Waals surface area contributed by atoms with E-state index in [1.54, 1.807) is 11.6 Å². The molecule has 1 heterocycles. The van der Waals surface area contributed by atoms with Crippen molar-refractivity contribution in [3.05, 3.63) is 40.1 Å². The largest absolute Gasteiger partial charge is 0.481 e. The van der Waals surface area contributed by atoms with Gasteiger partial charge < -0.3 is 10.4 Å². The van der Waals surface area contributed by atoms with Gasteiger partial charge in [-0.25, -0.2) is 4.68 Å². The van der Waals surface area contributed by atoms with E-state index >= 15 is 0 Å². The van der Waals surface area contributed by atoms with Crippen molar-refractivity contribution in [3.8, 4) is 5.69 Å². The summed E-state index contributed by atoms with van der Waals surface area (Å²) in [4.78, 5) is 23.6. The minimum atomic E-state index is -0.912. The van der Waals surface area contributed by atoms with E-state index in [1.807, 2.05) is 24.3 Å². The Morgan fingerprint density at radius 2 is 2.17 bits per heavy atom. The van der Waals surface area contributed by atoms with Crippen LogP contribution in [-0.4, -0.2) is 37.5 Å². The molecule has 1 aliphatic carbocycles. The SMILES string of the molecule is Cc1c(C(=O)NC2(CC(=O)O)CCC2)nnn1-c1cccc(Br)c1. The average Bonchev–Trinajstić information content (AvgIpc) is 2.86. The number of hydrogen-bond acceptors (Lipinski definition) is 4. The summed E-state index contributed by atoms with van der Waals surface area (Å²) in [5.41, 5.74) is 0.953. The van der Waals surface area contributed by atoms with Gasteiger partial charge in [0, 0.05) is 4.47 Å². The highest BCUT2D eigenvalue weighted by molar-refractivity contribution is 9.10. The van der Waals surface area contributed by atoms with Crippen molar-refractivity contribution < 1.29 is 14.7 Å². The molecule has 1 aliphatic rings. The molecular weight excluding hydrogens is 376 g/mol. The van der Waals surface area contributed by atoms with E-state index in [9.17, 15) is 9.59 Å². The molecule has 0 saturated heterocycles. The Balaban J connectivity index is 1.83. The fourth-order valence-electron chi connectivity index (χ4n) is 2.93. The van der Waals surface area contributed by atoms with Crippen LogP contribution in [0.15, 0.2) is 28.7 Å². The number of carbonyl (C=O) groups is 2. The highest BCUT2D eigenvalue weighted by Gasteiger charge is 2.41. The van der Waals surface area contributed by atoms with E-state index in [1.165, 1.54) is 0 Å². The van der Waals surface area contributed by atoms with Crippen LogP contribution in [0.25, 0.3) is 5.69 Å². The summed E-state index contributed by atoms with van der Waals surface area (Å²) in [6.45, 7) is 1.76. The maximum absolute atomic E-state index is 12.5. The Morgan fingerprint density at radius 1 is 1.42 bits per heavy atom. The predicted molar refractivity (Wildman–Crippen MR) is 90.1 cm³/mol. The lowest BCUT2D eigenvalue weighted by Gasteiger charge is -2.41. The third-order valence-electron chi connectivity index (χ3n) is 4.34. The number of rotatable bonds is 5. The van der Waals surface area contributed by atoms with E-state index in [0.717, 1.165) is 16.6 Å². The van der Waals surface area contributed by atoms with Gasteiger partial charge in [-0.15, -0.1) is 5.10 Å². The van der Waals surface area contributed by atoms with Crippen LogP contribution < -0.4 is 5.32 Å². The maximum atomic E-state index is 12.5. The standard InChI is InChI=1S/C16H17BrN4O3/c1-10-14(15(24)18-16(6-3-7-16)9-13(22)23)19-20-21(10)12-5-2-4-11(17)8-12/h2,4-5,8H,3,6-7,9H2,1H3,(H,18,24)(H,22,23). The van der Waals surface area contributed by atoms with Gasteiger partial charge in [-0.3, -0.25) is 9.59 Å². The molecule has 3 rings (SSSR count). The zero-order chi connectivity index (χ0) is 17.3. The van der Waals surface area contributed by atoms with Crippen LogP contribution in [0.4, 0.5) is 0 Å². The Hall–Kier alpha value is -2.22.